The Morgan fingerprint density at radius 2 is 2.00 bits per heavy atom. The van der Waals surface area contributed by atoms with Crippen LogP contribution in [-0.4, -0.2) is 45.7 Å². The fourth-order valence-corrected chi connectivity index (χ4v) is 2.17. The van der Waals surface area contributed by atoms with E-state index in [0.29, 0.717) is 0 Å². The first kappa shape index (κ1) is 14.4. The van der Waals surface area contributed by atoms with Crippen LogP contribution in [0.2, 0.25) is 0 Å². The smallest absolute Gasteiger partial charge is 0.307 e. The van der Waals surface area contributed by atoms with Crippen LogP contribution in [0.3, 0.4) is 0 Å². The number of hydrogen-bond donors (Lipinski definition) is 0. The topological polar surface area (TPSA) is 69.7 Å². The third kappa shape index (κ3) is 5.74. The highest BCUT2D eigenvalue weighted by atomic mass is 32.2. The molecular weight excluding hydrogens is 220 g/mol. The first-order chi connectivity index (χ1) is 6.94. The molecule has 0 saturated carbocycles. The summed E-state index contributed by atoms with van der Waals surface area (Å²) in [6, 6.07) is 0. The molecule has 0 rings (SSSR count). The number of ether oxygens (including phenoxy) is 2. The molecule has 0 amide bonds. The molecule has 0 fully saturated rings. The van der Waals surface area contributed by atoms with Crippen molar-refractivity contribution < 1.29 is 22.7 Å². The third-order valence-electron chi connectivity index (χ3n) is 1.94. The highest BCUT2D eigenvalue weighted by Crippen LogP contribution is 2.07. The van der Waals surface area contributed by atoms with Gasteiger partial charge in [0.25, 0.3) is 0 Å². The maximum atomic E-state index is 11.5. The van der Waals surface area contributed by atoms with Gasteiger partial charge in [-0.1, -0.05) is 0 Å². The largest absolute Gasteiger partial charge is 0.466 e. The van der Waals surface area contributed by atoms with E-state index in [9.17, 15) is 13.2 Å². The zero-order chi connectivity index (χ0) is 11.9. The molecular formula is C9H18O5S. The molecule has 0 aliphatic carbocycles. The van der Waals surface area contributed by atoms with Crippen LogP contribution in [-0.2, 0) is 24.1 Å². The molecule has 5 nitrogen and oxygen atoms in total. The van der Waals surface area contributed by atoms with E-state index >= 15 is 0 Å². The highest BCUT2D eigenvalue weighted by molar-refractivity contribution is 7.92. The van der Waals surface area contributed by atoms with E-state index in [0.717, 1.165) is 0 Å². The van der Waals surface area contributed by atoms with Crippen molar-refractivity contribution in [3.63, 3.8) is 0 Å². The Morgan fingerprint density at radius 1 is 1.40 bits per heavy atom. The number of carbonyl (C=O) groups excluding carboxylic acids is 1. The van der Waals surface area contributed by atoms with Gasteiger partial charge in [0.15, 0.2) is 9.84 Å². The van der Waals surface area contributed by atoms with Crippen LogP contribution in [0.15, 0.2) is 0 Å². The molecule has 0 aliphatic rings. The maximum absolute atomic E-state index is 11.5. The quantitative estimate of drug-likeness (QED) is 0.600. The molecule has 0 heterocycles. The molecule has 1 atom stereocenters. The van der Waals surface area contributed by atoms with E-state index in [1.165, 1.54) is 14.0 Å². The highest BCUT2D eigenvalue weighted by Gasteiger charge is 2.23. The fraction of sp³-hybridized carbons (Fsp3) is 0.889. The zero-order valence-corrected chi connectivity index (χ0v) is 10.2. The van der Waals surface area contributed by atoms with Gasteiger partial charge in [-0.05, 0) is 13.8 Å². The number of hydrogen-bond acceptors (Lipinski definition) is 5. The minimum Gasteiger partial charge on any atom is -0.466 e. The summed E-state index contributed by atoms with van der Waals surface area (Å²) in [7, 11) is -1.83. The van der Waals surface area contributed by atoms with Crippen LogP contribution in [0.1, 0.15) is 20.3 Å². The lowest BCUT2D eigenvalue weighted by molar-refractivity contribution is -0.143. The molecule has 15 heavy (non-hydrogen) atoms. The first-order valence-corrected chi connectivity index (χ1v) is 6.51. The summed E-state index contributed by atoms with van der Waals surface area (Å²) in [5, 5.41) is -0.716. The van der Waals surface area contributed by atoms with Crippen molar-refractivity contribution in [1.29, 1.82) is 0 Å². The van der Waals surface area contributed by atoms with Crippen LogP contribution < -0.4 is 0 Å². The van der Waals surface area contributed by atoms with Crippen molar-refractivity contribution in [3.8, 4) is 0 Å². The van der Waals surface area contributed by atoms with Gasteiger partial charge in [-0.3, -0.25) is 4.79 Å². The monoisotopic (exact) mass is 238 g/mol. The molecule has 6 heteroatoms. The second-order valence-corrected chi connectivity index (χ2v) is 5.72. The minimum absolute atomic E-state index is 0.0654. The second-order valence-electron chi connectivity index (χ2n) is 3.18. The molecule has 0 aromatic heterocycles. The van der Waals surface area contributed by atoms with Gasteiger partial charge in [0.1, 0.15) is 0 Å². The summed E-state index contributed by atoms with van der Waals surface area (Å²) in [6.07, 6.45) is -0.0973. The van der Waals surface area contributed by atoms with Crippen LogP contribution in [0.5, 0.6) is 0 Å². The SMILES string of the molecule is CCOC(=O)CC(C)S(=O)(=O)CCOC. The zero-order valence-electron chi connectivity index (χ0n) is 9.36. The lowest BCUT2D eigenvalue weighted by atomic mass is 10.3. The van der Waals surface area contributed by atoms with Crippen molar-refractivity contribution in [2.75, 3.05) is 26.1 Å². The van der Waals surface area contributed by atoms with Crippen LogP contribution in [0.25, 0.3) is 0 Å². The van der Waals surface area contributed by atoms with Gasteiger partial charge in [-0.15, -0.1) is 0 Å². The molecule has 0 saturated heterocycles. The van der Waals surface area contributed by atoms with E-state index in [4.69, 9.17) is 0 Å². The summed E-state index contributed by atoms with van der Waals surface area (Å²) in [5.41, 5.74) is 0. The van der Waals surface area contributed by atoms with Gasteiger partial charge in [-0.2, -0.15) is 0 Å². The lowest BCUT2D eigenvalue weighted by Crippen LogP contribution is -2.26. The van der Waals surface area contributed by atoms with Crippen LogP contribution in [0.4, 0.5) is 0 Å². The number of carbonyl (C=O) groups is 1. The van der Waals surface area contributed by atoms with E-state index in [1.807, 2.05) is 0 Å². The number of methoxy groups -OCH3 is 1. The number of rotatable bonds is 7. The van der Waals surface area contributed by atoms with Gasteiger partial charge in [-0.25, -0.2) is 8.42 Å². The summed E-state index contributed by atoms with van der Waals surface area (Å²) in [4.78, 5) is 11.1. The van der Waals surface area contributed by atoms with E-state index in [2.05, 4.69) is 9.47 Å². The molecule has 0 aromatic rings. The van der Waals surface area contributed by atoms with Gasteiger partial charge in [0.05, 0.1) is 30.6 Å². The molecule has 0 aromatic carbocycles. The molecule has 90 valence electrons. The van der Waals surface area contributed by atoms with Crippen LogP contribution >= 0.6 is 0 Å². The van der Waals surface area contributed by atoms with Crippen molar-refractivity contribution in [2.45, 2.75) is 25.5 Å². The third-order valence-corrected chi connectivity index (χ3v) is 4.07. The lowest BCUT2D eigenvalue weighted by Gasteiger charge is -2.11. The summed E-state index contributed by atoms with van der Waals surface area (Å²) < 4.78 is 32.4. The Balaban J connectivity index is 4.18. The summed E-state index contributed by atoms with van der Waals surface area (Å²) >= 11 is 0. The fourth-order valence-electron chi connectivity index (χ4n) is 0.982. The van der Waals surface area contributed by atoms with Gasteiger partial charge in [0, 0.05) is 7.11 Å². The van der Waals surface area contributed by atoms with E-state index in [-0.39, 0.29) is 25.4 Å². The predicted octanol–water partition coefficient (Wildman–Crippen LogP) is 0.389. The van der Waals surface area contributed by atoms with Gasteiger partial charge >= 0.3 is 5.97 Å². The molecule has 0 bridgehead atoms. The van der Waals surface area contributed by atoms with Crippen molar-refractivity contribution in [2.24, 2.45) is 0 Å². The predicted molar refractivity (Wildman–Crippen MR) is 56.4 cm³/mol. The van der Waals surface area contributed by atoms with Crippen molar-refractivity contribution in [3.05, 3.63) is 0 Å². The Labute approximate surface area is 90.7 Å². The van der Waals surface area contributed by atoms with Gasteiger partial charge < -0.3 is 9.47 Å². The summed E-state index contributed by atoms with van der Waals surface area (Å²) in [6.45, 7) is 3.60. The Bertz CT molecular complexity index is 283. The molecule has 0 radical (unpaired) electrons. The second kappa shape index (κ2) is 6.79. The Morgan fingerprint density at radius 3 is 2.47 bits per heavy atom. The van der Waals surface area contributed by atoms with E-state index < -0.39 is 21.1 Å². The standard InChI is InChI=1S/C9H18O5S/c1-4-14-9(10)7-8(2)15(11,12)6-5-13-3/h8H,4-7H2,1-3H3. The van der Waals surface area contributed by atoms with Crippen LogP contribution in [0, 0.1) is 0 Å². The van der Waals surface area contributed by atoms with E-state index in [1.54, 1.807) is 6.92 Å². The molecule has 0 aliphatic heterocycles. The number of esters is 1. The van der Waals surface area contributed by atoms with Crippen molar-refractivity contribution >= 4 is 15.8 Å². The minimum atomic E-state index is -3.26. The molecule has 0 N–H and O–H groups in total. The average Bonchev–Trinajstić information content (AvgIpc) is 2.15. The Hall–Kier alpha value is -0.620. The average molecular weight is 238 g/mol. The Kier molecular flexibility index (Phi) is 6.51. The summed E-state index contributed by atoms with van der Waals surface area (Å²) in [5.74, 6) is -0.546. The normalized spacial score (nSPS) is 13.5. The molecule has 0 spiro atoms. The maximum Gasteiger partial charge on any atom is 0.307 e. The first-order valence-electron chi connectivity index (χ1n) is 4.80. The number of sulfone groups is 1. The van der Waals surface area contributed by atoms with Gasteiger partial charge in [0.2, 0.25) is 0 Å². The molecule has 1 unspecified atom stereocenters. The van der Waals surface area contributed by atoms with Crippen molar-refractivity contribution in [1.82, 2.24) is 0 Å².